The Labute approximate surface area is 298 Å². The zero-order valence-corrected chi connectivity index (χ0v) is 32.0. The van der Waals surface area contributed by atoms with E-state index in [9.17, 15) is 9.59 Å². The molecule has 6 N–H and O–H groups in total. The third kappa shape index (κ3) is 35.3. The largest absolute Gasteiger partial charge is 0.370 e. The molecule has 0 aromatic carbocycles. The number of hydrogen-bond acceptors (Lipinski definition) is 3. The lowest BCUT2D eigenvalue weighted by atomic mass is 10.0. The highest BCUT2D eigenvalue weighted by atomic mass is 16.2. The third-order valence-corrected chi connectivity index (χ3v) is 9.40. The van der Waals surface area contributed by atoms with Crippen molar-refractivity contribution < 1.29 is 9.59 Å². The first-order valence-corrected chi connectivity index (χ1v) is 20.8. The molecule has 7 heteroatoms. The van der Waals surface area contributed by atoms with Gasteiger partial charge in [-0.15, -0.1) is 0 Å². The number of rotatable bonds is 37. The molecule has 0 heterocycles. The van der Waals surface area contributed by atoms with Gasteiger partial charge in [-0.1, -0.05) is 174 Å². The van der Waals surface area contributed by atoms with Gasteiger partial charge in [0.1, 0.15) is 6.04 Å². The second-order valence-corrected chi connectivity index (χ2v) is 14.2. The van der Waals surface area contributed by atoms with E-state index in [0.717, 1.165) is 38.5 Å². The highest BCUT2D eigenvalue weighted by molar-refractivity contribution is 5.87. The smallest absolute Gasteiger partial charge is 0.242 e. The number of allylic oxidation sites excluding steroid dienone is 2. The fourth-order valence-corrected chi connectivity index (χ4v) is 6.25. The van der Waals surface area contributed by atoms with E-state index in [4.69, 9.17) is 11.1 Å². The summed E-state index contributed by atoms with van der Waals surface area (Å²) < 4.78 is 0. The van der Waals surface area contributed by atoms with Gasteiger partial charge in [0.25, 0.3) is 0 Å². The van der Waals surface area contributed by atoms with Gasteiger partial charge in [-0.05, 0) is 44.9 Å². The van der Waals surface area contributed by atoms with Crippen molar-refractivity contribution in [3.05, 3.63) is 12.2 Å². The molecule has 0 aliphatic carbocycles. The highest BCUT2D eigenvalue weighted by Gasteiger charge is 2.20. The van der Waals surface area contributed by atoms with Crippen LogP contribution in [-0.2, 0) is 9.59 Å². The monoisotopic (exact) mass is 676 g/mol. The lowest BCUT2D eigenvalue weighted by molar-refractivity contribution is -0.129. The van der Waals surface area contributed by atoms with E-state index in [0.29, 0.717) is 25.9 Å². The predicted molar refractivity (Wildman–Crippen MR) is 208 cm³/mol. The van der Waals surface area contributed by atoms with Gasteiger partial charge in [0.05, 0.1) is 0 Å². The zero-order chi connectivity index (χ0) is 35.2. The van der Waals surface area contributed by atoms with Crippen molar-refractivity contribution in [3.63, 3.8) is 0 Å². The Hall–Kier alpha value is -2.05. The van der Waals surface area contributed by atoms with Crippen molar-refractivity contribution >= 4 is 17.8 Å². The van der Waals surface area contributed by atoms with Gasteiger partial charge in [-0.25, -0.2) is 0 Å². The topological polar surface area (TPSA) is 120 Å². The molecule has 282 valence electrons. The highest BCUT2D eigenvalue weighted by Crippen LogP contribution is 2.14. The van der Waals surface area contributed by atoms with Crippen LogP contribution in [0.25, 0.3) is 0 Å². The Balaban J connectivity index is 3.91. The molecule has 0 saturated carbocycles. The second kappa shape index (κ2) is 37.8. The summed E-state index contributed by atoms with van der Waals surface area (Å²) in [4.78, 5) is 25.5. The average Bonchev–Trinajstić information content (AvgIpc) is 3.07. The summed E-state index contributed by atoms with van der Waals surface area (Å²) in [6.07, 6.45) is 42.7. The summed E-state index contributed by atoms with van der Waals surface area (Å²) >= 11 is 0. The zero-order valence-electron chi connectivity index (χ0n) is 32.0. The quantitative estimate of drug-likeness (QED) is 0.0195. The first-order chi connectivity index (χ1) is 23.5. The molecule has 0 bridgehead atoms. The fraction of sp³-hybridized carbons (Fsp3) is 0.878. The molecule has 1 atom stereocenters. The second-order valence-electron chi connectivity index (χ2n) is 14.2. The normalized spacial score (nSPS) is 12.0. The molecule has 1 unspecified atom stereocenters. The van der Waals surface area contributed by atoms with Crippen LogP contribution >= 0.6 is 0 Å². The Morgan fingerprint density at radius 2 is 0.938 bits per heavy atom. The fourth-order valence-electron chi connectivity index (χ4n) is 6.25. The molecule has 0 aromatic rings. The minimum absolute atomic E-state index is 0.0713. The molecule has 0 saturated heterocycles. The molecule has 48 heavy (non-hydrogen) atoms. The van der Waals surface area contributed by atoms with Crippen LogP contribution in [0.5, 0.6) is 0 Å². The van der Waals surface area contributed by atoms with E-state index < -0.39 is 6.04 Å². The maximum Gasteiger partial charge on any atom is 0.242 e. The van der Waals surface area contributed by atoms with Crippen molar-refractivity contribution in [3.8, 4) is 0 Å². The number of amides is 2. The maximum atomic E-state index is 12.9. The molecule has 7 nitrogen and oxygen atoms in total. The van der Waals surface area contributed by atoms with E-state index in [1.165, 1.54) is 148 Å². The van der Waals surface area contributed by atoms with Crippen molar-refractivity contribution in [2.75, 3.05) is 13.1 Å². The standard InChI is InChI=1S/C41H81N5O2/c1-3-5-7-9-11-13-15-17-19-21-23-25-27-29-31-33-36-44-40(48)38(35-37-45-41(42)43)46-39(47)34-32-30-28-26-24-22-20-18-16-14-12-10-8-6-4-2/h18,20,38H,3-17,19,21-37H2,1-2H3,(H,44,48)(H,46,47)(H4,42,43,45)/b20-18+. The summed E-state index contributed by atoms with van der Waals surface area (Å²) in [5.74, 6) is -0.334. The summed E-state index contributed by atoms with van der Waals surface area (Å²) in [7, 11) is 0. The van der Waals surface area contributed by atoms with Crippen LogP contribution in [0, 0.1) is 5.41 Å². The van der Waals surface area contributed by atoms with Gasteiger partial charge in [-0.3, -0.25) is 15.0 Å². The Morgan fingerprint density at radius 1 is 0.542 bits per heavy atom. The summed E-state index contributed by atoms with van der Waals surface area (Å²) in [6, 6.07) is -0.603. The average molecular weight is 676 g/mol. The molecular weight excluding hydrogens is 594 g/mol. The third-order valence-electron chi connectivity index (χ3n) is 9.40. The summed E-state index contributed by atoms with van der Waals surface area (Å²) in [6.45, 7) is 5.55. The molecule has 0 radical (unpaired) electrons. The van der Waals surface area contributed by atoms with Crippen LogP contribution in [0.2, 0.25) is 0 Å². The van der Waals surface area contributed by atoms with Crippen LogP contribution in [0.1, 0.15) is 213 Å². The first kappa shape index (κ1) is 46.0. The SMILES string of the molecule is CCCCCCCC/C=C/CCCCCCCC(=O)NC(CCNC(=N)N)C(=O)NCCCCCCCCCCCCCCCCCC. The Morgan fingerprint density at radius 3 is 1.38 bits per heavy atom. The number of guanidine groups is 1. The number of unbranched alkanes of at least 4 members (excludes halogenated alkanes) is 26. The molecule has 2 amide bonds. The molecular formula is C41H81N5O2. The van der Waals surface area contributed by atoms with Gasteiger partial charge in [-0.2, -0.15) is 0 Å². The molecule has 0 aliphatic rings. The van der Waals surface area contributed by atoms with Crippen LogP contribution in [0.15, 0.2) is 12.2 Å². The summed E-state index contributed by atoms with van der Waals surface area (Å²) in [5, 5.41) is 16.1. The minimum atomic E-state index is -0.603. The van der Waals surface area contributed by atoms with E-state index in [1.54, 1.807) is 0 Å². The summed E-state index contributed by atoms with van der Waals surface area (Å²) in [5.41, 5.74) is 5.41. The Kier molecular flexibility index (Phi) is 36.2. The minimum Gasteiger partial charge on any atom is -0.370 e. The van der Waals surface area contributed by atoms with Crippen LogP contribution in [-0.4, -0.2) is 36.9 Å². The van der Waals surface area contributed by atoms with E-state index in [1.807, 2.05) is 0 Å². The van der Waals surface area contributed by atoms with Crippen molar-refractivity contribution in [2.24, 2.45) is 5.73 Å². The van der Waals surface area contributed by atoms with Crippen molar-refractivity contribution in [2.45, 2.75) is 219 Å². The predicted octanol–water partition coefficient (Wildman–Crippen LogP) is 10.8. The first-order valence-electron chi connectivity index (χ1n) is 20.8. The van der Waals surface area contributed by atoms with E-state index in [-0.39, 0.29) is 17.8 Å². The van der Waals surface area contributed by atoms with Gasteiger partial charge in [0.2, 0.25) is 11.8 Å². The number of carbonyl (C=O) groups is 2. The molecule has 0 aromatic heterocycles. The van der Waals surface area contributed by atoms with Gasteiger partial charge in [0.15, 0.2) is 5.96 Å². The van der Waals surface area contributed by atoms with Gasteiger partial charge < -0.3 is 21.7 Å². The molecule has 0 aliphatic heterocycles. The Bertz CT molecular complexity index is 757. The van der Waals surface area contributed by atoms with Crippen molar-refractivity contribution in [1.29, 1.82) is 5.41 Å². The molecule has 0 fully saturated rings. The maximum absolute atomic E-state index is 12.9. The molecule has 0 spiro atoms. The van der Waals surface area contributed by atoms with Gasteiger partial charge >= 0.3 is 0 Å². The van der Waals surface area contributed by atoms with Crippen LogP contribution in [0.4, 0.5) is 0 Å². The van der Waals surface area contributed by atoms with Crippen molar-refractivity contribution in [1.82, 2.24) is 16.0 Å². The van der Waals surface area contributed by atoms with E-state index >= 15 is 0 Å². The van der Waals surface area contributed by atoms with E-state index in [2.05, 4.69) is 41.9 Å². The number of nitrogens with two attached hydrogens (primary N) is 1. The lowest BCUT2D eigenvalue weighted by Crippen LogP contribution is -2.48. The van der Waals surface area contributed by atoms with Gasteiger partial charge in [0, 0.05) is 19.5 Å². The van der Waals surface area contributed by atoms with Crippen LogP contribution < -0.4 is 21.7 Å². The number of hydrogen-bond donors (Lipinski definition) is 5. The van der Waals surface area contributed by atoms with Crippen LogP contribution in [0.3, 0.4) is 0 Å². The number of nitrogens with one attached hydrogen (secondary N) is 4. The molecule has 0 rings (SSSR count). The number of carbonyl (C=O) groups excluding carboxylic acids is 2. The lowest BCUT2D eigenvalue weighted by Gasteiger charge is -2.19.